The van der Waals surface area contributed by atoms with Gasteiger partial charge < -0.3 is 19.1 Å². The molecule has 2 aromatic heterocycles. The first-order valence-corrected chi connectivity index (χ1v) is 9.47. The number of ether oxygens (including phenoxy) is 3. The highest BCUT2D eigenvalue weighted by molar-refractivity contribution is 7.17. The van der Waals surface area contributed by atoms with Crippen LogP contribution in [0.15, 0.2) is 23.6 Å². The Labute approximate surface area is 160 Å². The van der Waals surface area contributed by atoms with Gasteiger partial charge in [0.15, 0.2) is 11.5 Å². The van der Waals surface area contributed by atoms with E-state index in [0.29, 0.717) is 24.7 Å². The number of methoxy groups -OCH3 is 2. The Morgan fingerprint density at radius 2 is 1.88 bits per heavy atom. The third-order valence-corrected chi connectivity index (χ3v) is 5.43. The van der Waals surface area contributed by atoms with Crippen LogP contribution in [0.3, 0.4) is 0 Å². The van der Waals surface area contributed by atoms with Crippen molar-refractivity contribution in [3.63, 3.8) is 0 Å². The monoisotopic (exact) mass is 391 g/mol. The Balaban J connectivity index is 1.88. The summed E-state index contributed by atoms with van der Waals surface area (Å²) in [5.41, 5.74) is 2.08. The molecule has 0 spiro atoms. The third kappa shape index (κ3) is 3.06. The van der Waals surface area contributed by atoms with E-state index in [0.717, 1.165) is 40.3 Å². The summed E-state index contributed by atoms with van der Waals surface area (Å²) < 4.78 is 16.3. The van der Waals surface area contributed by atoms with Crippen LogP contribution >= 0.6 is 22.9 Å². The Kier molecular flexibility index (Phi) is 4.84. The molecule has 1 aromatic carbocycles. The minimum Gasteiger partial charge on any atom is -0.493 e. The highest BCUT2D eigenvalue weighted by Gasteiger charge is 2.21. The normalized spacial score (nSPS) is 14.7. The number of aromatic nitrogens is 2. The lowest BCUT2D eigenvalue weighted by Gasteiger charge is -2.28. The lowest BCUT2D eigenvalue weighted by atomic mass is 10.0. The van der Waals surface area contributed by atoms with Gasteiger partial charge in [0, 0.05) is 24.0 Å². The van der Waals surface area contributed by atoms with Crippen molar-refractivity contribution in [3.8, 4) is 22.6 Å². The maximum atomic E-state index is 6.18. The van der Waals surface area contributed by atoms with E-state index in [4.69, 9.17) is 25.8 Å². The van der Waals surface area contributed by atoms with E-state index in [9.17, 15) is 0 Å². The summed E-state index contributed by atoms with van der Waals surface area (Å²) in [6, 6.07) is 5.89. The predicted octanol–water partition coefficient (Wildman–Crippen LogP) is 3.87. The number of fused-ring (bicyclic) bond motifs is 1. The molecule has 3 heterocycles. The molecule has 0 atom stereocenters. The molecule has 0 amide bonds. The quantitative estimate of drug-likeness (QED) is 0.629. The van der Waals surface area contributed by atoms with Gasteiger partial charge in [-0.25, -0.2) is 4.98 Å². The zero-order valence-electron chi connectivity index (χ0n) is 14.5. The molecule has 0 saturated carbocycles. The van der Waals surface area contributed by atoms with Gasteiger partial charge in [-0.3, -0.25) is 0 Å². The van der Waals surface area contributed by atoms with Crippen molar-refractivity contribution < 1.29 is 14.2 Å². The fourth-order valence-corrected chi connectivity index (χ4v) is 4.27. The topological polar surface area (TPSA) is 56.7 Å². The number of hydrogen-bond acceptors (Lipinski definition) is 7. The van der Waals surface area contributed by atoms with Gasteiger partial charge in [-0.05, 0) is 29.3 Å². The van der Waals surface area contributed by atoms with Crippen LogP contribution in [0.1, 0.15) is 0 Å². The van der Waals surface area contributed by atoms with Crippen LogP contribution in [-0.2, 0) is 4.74 Å². The molecule has 136 valence electrons. The number of hydrogen-bond donors (Lipinski definition) is 0. The van der Waals surface area contributed by atoms with Crippen LogP contribution in [0, 0.1) is 0 Å². The summed E-state index contributed by atoms with van der Waals surface area (Å²) in [5.74, 6) is 2.24. The Bertz CT molecular complexity index is 941. The molecule has 26 heavy (non-hydrogen) atoms. The molecule has 0 aliphatic carbocycles. The molecular formula is C18H18ClN3O3S. The van der Waals surface area contributed by atoms with E-state index in [1.165, 1.54) is 0 Å². The average Bonchev–Trinajstić information content (AvgIpc) is 3.11. The third-order valence-electron chi connectivity index (χ3n) is 4.39. The smallest absolute Gasteiger partial charge is 0.225 e. The van der Waals surface area contributed by atoms with Crippen LogP contribution in [0.4, 0.5) is 5.82 Å². The molecule has 3 aromatic rings. The number of anilines is 1. The maximum absolute atomic E-state index is 6.18. The fourth-order valence-electron chi connectivity index (χ4n) is 3.12. The van der Waals surface area contributed by atoms with Crippen LogP contribution in [0.2, 0.25) is 5.28 Å². The molecule has 0 bridgehead atoms. The number of rotatable bonds is 4. The van der Waals surface area contributed by atoms with Crippen molar-refractivity contribution in [2.24, 2.45) is 0 Å². The van der Waals surface area contributed by atoms with Gasteiger partial charge in [0.2, 0.25) is 5.28 Å². The van der Waals surface area contributed by atoms with Gasteiger partial charge >= 0.3 is 0 Å². The highest BCUT2D eigenvalue weighted by Crippen LogP contribution is 2.41. The second-order valence-corrected chi connectivity index (χ2v) is 7.01. The largest absolute Gasteiger partial charge is 0.493 e. The molecular weight excluding hydrogens is 374 g/mol. The molecule has 1 aliphatic rings. The van der Waals surface area contributed by atoms with Gasteiger partial charge in [-0.2, -0.15) is 4.98 Å². The maximum Gasteiger partial charge on any atom is 0.225 e. The number of morpholine rings is 1. The van der Waals surface area contributed by atoms with E-state index in [2.05, 4.69) is 20.2 Å². The average molecular weight is 392 g/mol. The van der Waals surface area contributed by atoms with Gasteiger partial charge in [0.05, 0.1) is 32.8 Å². The summed E-state index contributed by atoms with van der Waals surface area (Å²) in [7, 11) is 3.26. The molecule has 1 saturated heterocycles. The first kappa shape index (κ1) is 17.3. The molecule has 1 aliphatic heterocycles. The van der Waals surface area contributed by atoms with Crippen molar-refractivity contribution >= 4 is 39.0 Å². The SMILES string of the molecule is COc1ccc(-c2csc3nc(Cl)nc(N4CCOCC4)c23)cc1OC. The number of nitrogens with zero attached hydrogens (tertiary/aromatic N) is 3. The van der Waals surface area contributed by atoms with Gasteiger partial charge in [-0.15, -0.1) is 11.3 Å². The number of halogens is 1. The highest BCUT2D eigenvalue weighted by atomic mass is 35.5. The molecule has 0 unspecified atom stereocenters. The summed E-state index contributed by atoms with van der Waals surface area (Å²) in [5, 5.41) is 3.36. The molecule has 4 rings (SSSR count). The van der Waals surface area contributed by atoms with Gasteiger partial charge in [-0.1, -0.05) is 6.07 Å². The molecule has 6 nitrogen and oxygen atoms in total. The Morgan fingerprint density at radius 1 is 1.12 bits per heavy atom. The van der Waals surface area contributed by atoms with Crippen molar-refractivity contribution in [3.05, 3.63) is 28.9 Å². The zero-order chi connectivity index (χ0) is 18.1. The molecule has 0 radical (unpaired) electrons. The number of benzene rings is 1. The van der Waals surface area contributed by atoms with Crippen molar-refractivity contribution in [2.75, 3.05) is 45.4 Å². The van der Waals surface area contributed by atoms with E-state index in [-0.39, 0.29) is 5.28 Å². The van der Waals surface area contributed by atoms with Crippen LogP contribution < -0.4 is 14.4 Å². The van der Waals surface area contributed by atoms with Gasteiger partial charge in [0.25, 0.3) is 0 Å². The van der Waals surface area contributed by atoms with E-state index >= 15 is 0 Å². The molecule has 0 N–H and O–H groups in total. The van der Waals surface area contributed by atoms with Crippen LogP contribution in [-0.4, -0.2) is 50.5 Å². The van der Waals surface area contributed by atoms with E-state index in [1.54, 1.807) is 25.6 Å². The minimum absolute atomic E-state index is 0.264. The first-order chi connectivity index (χ1) is 12.7. The lowest BCUT2D eigenvalue weighted by molar-refractivity contribution is 0.122. The minimum atomic E-state index is 0.264. The summed E-state index contributed by atoms with van der Waals surface area (Å²) in [6.07, 6.45) is 0. The van der Waals surface area contributed by atoms with E-state index < -0.39 is 0 Å². The Hall–Kier alpha value is -2.09. The second kappa shape index (κ2) is 7.26. The van der Waals surface area contributed by atoms with Crippen molar-refractivity contribution in [2.45, 2.75) is 0 Å². The molecule has 1 fully saturated rings. The fraction of sp³-hybridized carbons (Fsp3) is 0.333. The van der Waals surface area contributed by atoms with Crippen LogP contribution in [0.25, 0.3) is 21.3 Å². The zero-order valence-corrected chi connectivity index (χ0v) is 16.1. The van der Waals surface area contributed by atoms with Crippen molar-refractivity contribution in [1.82, 2.24) is 9.97 Å². The van der Waals surface area contributed by atoms with Gasteiger partial charge in [0.1, 0.15) is 10.6 Å². The first-order valence-electron chi connectivity index (χ1n) is 8.21. The van der Waals surface area contributed by atoms with Crippen molar-refractivity contribution in [1.29, 1.82) is 0 Å². The summed E-state index contributed by atoms with van der Waals surface area (Å²) >= 11 is 7.73. The second-order valence-electron chi connectivity index (χ2n) is 5.81. The standard InChI is InChI=1S/C18H18ClN3O3S/c1-23-13-4-3-11(9-14(13)24-2)12-10-26-17-15(12)16(20-18(19)21-17)22-5-7-25-8-6-22/h3-4,9-10H,5-8H2,1-2H3. The van der Waals surface area contributed by atoms with Crippen LogP contribution in [0.5, 0.6) is 11.5 Å². The Morgan fingerprint density at radius 3 is 2.62 bits per heavy atom. The summed E-state index contributed by atoms with van der Waals surface area (Å²) in [4.78, 5) is 12.0. The lowest BCUT2D eigenvalue weighted by Crippen LogP contribution is -2.37. The summed E-state index contributed by atoms with van der Waals surface area (Å²) in [6.45, 7) is 2.92. The van der Waals surface area contributed by atoms with E-state index in [1.807, 2.05) is 18.2 Å². The predicted molar refractivity (Wildman–Crippen MR) is 104 cm³/mol. The molecule has 8 heteroatoms. The number of thiophene rings is 1.